The molecule has 16 heavy (non-hydrogen) atoms. The molecule has 1 aliphatic carbocycles. The molecule has 1 amide bonds. The van der Waals surface area contributed by atoms with E-state index in [4.69, 9.17) is 16.3 Å². The van der Waals surface area contributed by atoms with E-state index in [-0.39, 0.29) is 24.0 Å². The van der Waals surface area contributed by atoms with Crippen LogP contribution in [0, 0.1) is 11.8 Å². The highest BCUT2D eigenvalue weighted by atomic mass is 35.5. The fourth-order valence-electron chi connectivity index (χ4n) is 2.40. The van der Waals surface area contributed by atoms with Gasteiger partial charge in [-0.1, -0.05) is 6.92 Å². The number of ether oxygens (including phenoxy) is 1. The summed E-state index contributed by atoms with van der Waals surface area (Å²) in [7, 11) is 0. The fraction of sp³-hybridized carbons (Fsp3) is 0.917. The zero-order valence-corrected chi connectivity index (χ0v) is 10.7. The van der Waals surface area contributed by atoms with Gasteiger partial charge in [0.1, 0.15) is 0 Å². The van der Waals surface area contributed by atoms with E-state index >= 15 is 0 Å². The molecule has 1 saturated heterocycles. The molecule has 92 valence electrons. The van der Waals surface area contributed by atoms with Crippen molar-refractivity contribution in [2.45, 2.75) is 38.9 Å². The third-order valence-electron chi connectivity index (χ3n) is 3.53. The molecule has 0 aromatic rings. The Hall–Kier alpha value is -0.280. The molecule has 1 saturated carbocycles. The molecule has 1 heterocycles. The van der Waals surface area contributed by atoms with Crippen molar-refractivity contribution in [3.05, 3.63) is 0 Å². The van der Waals surface area contributed by atoms with Crippen LogP contribution >= 0.6 is 11.6 Å². The van der Waals surface area contributed by atoms with Crippen molar-refractivity contribution in [1.29, 1.82) is 0 Å². The molecular formula is C12H20ClNO2. The van der Waals surface area contributed by atoms with Crippen LogP contribution in [0.5, 0.6) is 0 Å². The molecule has 1 aliphatic heterocycles. The van der Waals surface area contributed by atoms with E-state index in [9.17, 15) is 4.79 Å². The van der Waals surface area contributed by atoms with E-state index in [1.54, 1.807) is 0 Å². The number of morpholine rings is 1. The standard InChI is InChI=1S/C12H20ClNO2/c1-8-6-14(7-11(5-13)16-8)12(15)9(2)10-3-4-10/h8-11H,3-7H2,1-2H3. The quantitative estimate of drug-likeness (QED) is 0.711. The molecule has 2 fully saturated rings. The van der Waals surface area contributed by atoms with Gasteiger partial charge in [0.25, 0.3) is 0 Å². The molecule has 0 radical (unpaired) electrons. The minimum atomic E-state index is 0.000713. The van der Waals surface area contributed by atoms with E-state index in [1.165, 1.54) is 12.8 Å². The Kier molecular flexibility index (Phi) is 3.75. The predicted octanol–water partition coefficient (Wildman–Crippen LogP) is 1.89. The summed E-state index contributed by atoms with van der Waals surface area (Å²) >= 11 is 5.81. The van der Waals surface area contributed by atoms with Crippen LogP contribution in [0.4, 0.5) is 0 Å². The van der Waals surface area contributed by atoms with Gasteiger partial charge >= 0.3 is 0 Å². The first-order valence-corrected chi connectivity index (χ1v) is 6.65. The average molecular weight is 246 g/mol. The molecule has 0 aromatic carbocycles. The minimum absolute atomic E-state index is 0.000713. The Morgan fingerprint density at radius 3 is 2.75 bits per heavy atom. The third-order valence-corrected chi connectivity index (χ3v) is 3.87. The van der Waals surface area contributed by atoms with Crippen LogP contribution in [0.1, 0.15) is 26.7 Å². The lowest BCUT2D eigenvalue weighted by atomic mass is 10.0. The zero-order chi connectivity index (χ0) is 11.7. The minimum Gasteiger partial charge on any atom is -0.370 e. The highest BCUT2D eigenvalue weighted by Crippen LogP contribution is 2.37. The maximum absolute atomic E-state index is 12.2. The maximum atomic E-state index is 12.2. The largest absolute Gasteiger partial charge is 0.370 e. The van der Waals surface area contributed by atoms with Crippen LogP contribution in [-0.4, -0.2) is 42.0 Å². The normalized spacial score (nSPS) is 32.6. The van der Waals surface area contributed by atoms with Gasteiger partial charge in [0.05, 0.1) is 18.1 Å². The number of carbonyl (C=O) groups excluding carboxylic acids is 1. The van der Waals surface area contributed by atoms with Crippen LogP contribution in [0.25, 0.3) is 0 Å². The highest BCUT2D eigenvalue weighted by molar-refractivity contribution is 6.18. The summed E-state index contributed by atoms with van der Waals surface area (Å²) in [5, 5.41) is 0. The summed E-state index contributed by atoms with van der Waals surface area (Å²) < 4.78 is 5.65. The van der Waals surface area contributed by atoms with Crippen LogP contribution in [0.3, 0.4) is 0 Å². The molecular weight excluding hydrogens is 226 g/mol. The van der Waals surface area contributed by atoms with Gasteiger partial charge in [0, 0.05) is 19.0 Å². The van der Waals surface area contributed by atoms with Crippen molar-refractivity contribution in [3.63, 3.8) is 0 Å². The molecule has 2 rings (SSSR count). The second kappa shape index (κ2) is 4.92. The second-order valence-corrected chi connectivity index (χ2v) is 5.40. The summed E-state index contributed by atoms with van der Waals surface area (Å²) in [5.41, 5.74) is 0. The van der Waals surface area contributed by atoms with Gasteiger partial charge in [0.15, 0.2) is 0 Å². The smallest absolute Gasteiger partial charge is 0.225 e. The summed E-state index contributed by atoms with van der Waals surface area (Å²) in [6.07, 6.45) is 2.53. The van der Waals surface area contributed by atoms with E-state index in [0.29, 0.717) is 24.9 Å². The van der Waals surface area contributed by atoms with Gasteiger partial charge in [-0.15, -0.1) is 11.6 Å². The number of halogens is 1. The van der Waals surface area contributed by atoms with Gasteiger partial charge in [-0.25, -0.2) is 0 Å². The van der Waals surface area contributed by atoms with Crippen LogP contribution in [0.15, 0.2) is 0 Å². The van der Waals surface area contributed by atoms with E-state index in [0.717, 1.165) is 0 Å². The Morgan fingerprint density at radius 2 is 2.19 bits per heavy atom. The number of amides is 1. The SMILES string of the molecule is CC1CN(C(=O)C(C)C2CC2)CC(CCl)O1. The first kappa shape index (κ1) is 12.2. The predicted molar refractivity (Wildman–Crippen MR) is 63.5 cm³/mol. The number of alkyl halides is 1. The van der Waals surface area contributed by atoms with Crippen molar-refractivity contribution in [2.75, 3.05) is 19.0 Å². The topological polar surface area (TPSA) is 29.5 Å². The van der Waals surface area contributed by atoms with E-state index in [2.05, 4.69) is 6.92 Å². The summed E-state index contributed by atoms with van der Waals surface area (Å²) in [6.45, 7) is 5.42. The molecule has 0 bridgehead atoms. The Bertz CT molecular complexity index is 268. The van der Waals surface area contributed by atoms with Crippen molar-refractivity contribution in [1.82, 2.24) is 4.90 Å². The fourth-order valence-corrected chi connectivity index (χ4v) is 2.57. The zero-order valence-electron chi connectivity index (χ0n) is 9.99. The highest BCUT2D eigenvalue weighted by Gasteiger charge is 2.37. The summed E-state index contributed by atoms with van der Waals surface area (Å²) in [6, 6.07) is 0. The lowest BCUT2D eigenvalue weighted by Gasteiger charge is -2.37. The van der Waals surface area contributed by atoms with E-state index in [1.807, 2.05) is 11.8 Å². The molecule has 3 nitrogen and oxygen atoms in total. The van der Waals surface area contributed by atoms with Gasteiger partial charge in [-0.05, 0) is 25.7 Å². The Balaban J connectivity index is 1.93. The number of nitrogens with zero attached hydrogens (tertiary/aromatic N) is 1. The Labute approximate surface area is 102 Å². The van der Waals surface area contributed by atoms with Gasteiger partial charge in [0.2, 0.25) is 5.91 Å². The number of rotatable bonds is 3. The van der Waals surface area contributed by atoms with Gasteiger partial charge in [-0.2, -0.15) is 0 Å². The van der Waals surface area contributed by atoms with Gasteiger partial charge < -0.3 is 9.64 Å². The lowest BCUT2D eigenvalue weighted by molar-refractivity contribution is -0.147. The monoisotopic (exact) mass is 245 g/mol. The number of hydrogen-bond acceptors (Lipinski definition) is 2. The van der Waals surface area contributed by atoms with Crippen LogP contribution in [0.2, 0.25) is 0 Å². The van der Waals surface area contributed by atoms with Crippen LogP contribution < -0.4 is 0 Å². The molecule has 0 N–H and O–H groups in total. The number of carbonyl (C=O) groups is 1. The summed E-state index contributed by atoms with van der Waals surface area (Å²) in [5.74, 6) is 1.56. The second-order valence-electron chi connectivity index (χ2n) is 5.09. The Morgan fingerprint density at radius 1 is 1.50 bits per heavy atom. The molecule has 4 heteroatoms. The number of hydrogen-bond donors (Lipinski definition) is 0. The first-order valence-electron chi connectivity index (χ1n) is 6.12. The molecule has 0 spiro atoms. The van der Waals surface area contributed by atoms with Crippen molar-refractivity contribution >= 4 is 17.5 Å². The lowest BCUT2D eigenvalue weighted by Crippen LogP contribution is -2.51. The van der Waals surface area contributed by atoms with Crippen molar-refractivity contribution < 1.29 is 9.53 Å². The average Bonchev–Trinajstić information content (AvgIpc) is 3.10. The molecule has 0 aromatic heterocycles. The molecule has 2 aliphatic rings. The van der Waals surface area contributed by atoms with Crippen LogP contribution in [-0.2, 0) is 9.53 Å². The first-order chi connectivity index (χ1) is 7.61. The molecule has 3 unspecified atom stereocenters. The third kappa shape index (κ3) is 2.69. The maximum Gasteiger partial charge on any atom is 0.225 e. The van der Waals surface area contributed by atoms with Gasteiger partial charge in [-0.3, -0.25) is 4.79 Å². The molecule has 3 atom stereocenters. The van der Waals surface area contributed by atoms with Crippen molar-refractivity contribution in [3.8, 4) is 0 Å². The van der Waals surface area contributed by atoms with E-state index < -0.39 is 0 Å². The van der Waals surface area contributed by atoms with Crippen molar-refractivity contribution in [2.24, 2.45) is 11.8 Å². The summed E-state index contributed by atoms with van der Waals surface area (Å²) in [4.78, 5) is 14.1.